The molecule has 0 saturated carbocycles. The van der Waals surface area contributed by atoms with Gasteiger partial charge in [-0.25, -0.2) is 0 Å². The van der Waals surface area contributed by atoms with E-state index < -0.39 is 0 Å². The molecule has 0 bridgehead atoms. The van der Waals surface area contributed by atoms with E-state index in [0.29, 0.717) is 29.8 Å². The monoisotopic (exact) mass is 384 g/mol. The van der Waals surface area contributed by atoms with Crippen LogP contribution in [0.4, 0.5) is 5.69 Å². The average molecular weight is 385 g/mol. The number of hydrogen-bond donors (Lipinski definition) is 3. The highest BCUT2D eigenvalue weighted by atomic mass is 32.1. The molecule has 0 unspecified atom stereocenters. The molecule has 2 N–H and O–H groups in total. The highest BCUT2D eigenvalue weighted by Crippen LogP contribution is 2.15. The van der Waals surface area contributed by atoms with Crippen molar-refractivity contribution in [3.63, 3.8) is 0 Å². The summed E-state index contributed by atoms with van der Waals surface area (Å²) in [6, 6.07) is 16.0. The predicted octanol–water partition coefficient (Wildman–Crippen LogP) is 3.46. The molecule has 0 aliphatic heterocycles. The zero-order chi connectivity index (χ0) is 19.5. The Bertz CT molecular complexity index is 778. The van der Waals surface area contributed by atoms with Gasteiger partial charge >= 0.3 is 0 Å². The number of ketones is 1. The van der Waals surface area contributed by atoms with Crippen LogP contribution in [0, 0.1) is 0 Å². The van der Waals surface area contributed by atoms with Crippen LogP contribution in [0.2, 0.25) is 0 Å². The molecule has 0 atom stereocenters. The molecular weight excluding hydrogens is 360 g/mol. The quantitative estimate of drug-likeness (QED) is 0.334. The van der Waals surface area contributed by atoms with Crippen molar-refractivity contribution >= 4 is 35.9 Å². The fourth-order valence-corrected chi connectivity index (χ4v) is 2.70. The first-order chi connectivity index (χ1) is 13.1. The van der Waals surface area contributed by atoms with Gasteiger partial charge in [-0.3, -0.25) is 14.4 Å². The molecule has 0 heterocycles. The standard InChI is InChI=1S/C21H24N2O3S/c24-19(12-5-2-6-13-22-20(25)15-27)23-18-11-7-10-17(14-18)21(26)16-8-3-1-4-9-16/h1,3-4,7-11,14,27H,2,5-6,12-13,15H2,(H,22,25)(H,23,24). The molecule has 6 heteroatoms. The fraction of sp³-hybridized carbons (Fsp3) is 0.286. The Kier molecular flexibility index (Phi) is 8.58. The van der Waals surface area contributed by atoms with Crippen LogP contribution in [-0.4, -0.2) is 29.9 Å². The Hall–Kier alpha value is -2.60. The molecule has 0 fully saturated rings. The van der Waals surface area contributed by atoms with E-state index in [9.17, 15) is 14.4 Å². The summed E-state index contributed by atoms with van der Waals surface area (Å²) in [7, 11) is 0. The molecule has 2 amide bonds. The molecule has 0 spiro atoms. The lowest BCUT2D eigenvalue weighted by Crippen LogP contribution is -2.25. The minimum Gasteiger partial charge on any atom is -0.355 e. The van der Waals surface area contributed by atoms with Crippen LogP contribution in [-0.2, 0) is 9.59 Å². The van der Waals surface area contributed by atoms with Crippen LogP contribution in [0.5, 0.6) is 0 Å². The maximum absolute atomic E-state index is 12.5. The van der Waals surface area contributed by atoms with Crippen LogP contribution in [0.1, 0.15) is 41.6 Å². The van der Waals surface area contributed by atoms with Gasteiger partial charge in [0.05, 0.1) is 5.75 Å². The van der Waals surface area contributed by atoms with E-state index in [1.165, 1.54) is 0 Å². The summed E-state index contributed by atoms with van der Waals surface area (Å²) in [5.74, 6) is -0.0523. The van der Waals surface area contributed by atoms with Crippen LogP contribution >= 0.6 is 12.6 Å². The molecule has 0 aliphatic carbocycles. The number of anilines is 1. The molecular formula is C21H24N2O3S. The summed E-state index contributed by atoms with van der Waals surface area (Å²) in [5.41, 5.74) is 1.77. The summed E-state index contributed by atoms with van der Waals surface area (Å²) >= 11 is 3.89. The molecule has 5 nitrogen and oxygen atoms in total. The minimum atomic E-state index is -0.0845. The molecule has 0 aromatic heterocycles. The molecule has 2 aromatic rings. The number of thiol groups is 1. The Balaban J connectivity index is 1.78. The number of rotatable bonds is 10. The second kappa shape index (κ2) is 11.2. The lowest BCUT2D eigenvalue weighted by atomic mass is 10.0. The lowest BCUT2D eigenvalue weighted by molar-refractivity contribution is -0.118. The van der Waals surface area contributed by atoms with Crippen molar-refractivity contribution < 1.29 is 14.4 Å². The van der Waals surface area contributed by atoms with Crippen molar-refractivity contribution in [2.75, 3.05) is 17.6 Å². The van der Waals surface area contributed by atoms with Gasteiger partial charge in [-0.1, -0.05) is 48.9 Å². The number of benzene rings is 2. The van der Waals surface area contributed by atoms with E-state index in [-0.39, 0.29) is 23.4 Å². The average Bonchev–Trinajstić information content (AvgIpc) is 2.70. The van der Waals surface area contributed by atoms with E-state index in [0.717, 1.165) is 19.3 Å². The normalized spacial score (nSPS) is 10.3. The van der Waals surface area contributed by atoms with Gasteiger partial charge in [-0.2, -0.15) is 12.6 Å². The van der Waals surface area contributed by atoms with Gasteiger partial charge in [0, 0.05) is 29.8 Å². The third-order valence-corrected chi connectivity index (χ3v) is 4.28. The summed E-state index contributed by atoms with van der Waals surface area (Å²) < 4.78 is 0. The summed E-state index contributed by atoms with van der Waals surface area (Å²) in [4.78, 5) is 35.6. The summed E-state index contributed by atoms with van der Waals surface area (Å²) in [5, 5.41) is 5.58. The maximum atomic E-state index is 12.5. The smallest absolute Gasteiger partial charge is 0.229 e. The van der Waals surface area contributed by atoms with E-state index in [1.807, 2.05) is 18.2 Å². The summed E-state index contributed by atoms with van der Waals surface area (Å²) in [6.07, 6.45) is 2.82. The summed E-state index contributed by atoms with van der Waals surface area (Å²) in [6.45, 7) is 0.602. The van der Waals surface area contributed by atoms with E-state index in [4.69, 9.17) is 0 Å². The van der Waals surface area contributed by atoms with E-state index in [1.54, 1.807) is 36.4 Å². The van der Waals surface area contributed by atoms with Crippen molar-refractivity contribution in [1.29, 1.82) is 0 Å². The zero-order valence-corrected chi connectivity index (χ0v) is 16.0. The molecule has 0 saturated heterocycles. The second-order valence-electron chi connectivity index (χ2n) is 6.14. The third-order valence-electron chi connectivity index (χ3n) is 3.99. The lowest BCUT2D eigenvalue weighted by Gasteiger charge is -2.08. The zero-order valence-electron chi connectivity index (χ0n) is 15.1. The second-order valence-corrected chi connectivity index (χ2v) is 6.46. The van der Waals surface area contributed by atoms with Crippen molar-refractivity contribution in [3.8, 4) is 0 Å². The molecule has 0 aliphatic rings. The first-order valence-electron chi connectivity index (χ1n) is 8.97. The van der Waals surface area contributed by atoms with Crippen molar-refractivity contribution in [1.82, 2.24) is 5.32 Å². The molecule has 2 rings (SSSR count). The van der Waals surface area contributed by atoms with E-state index in [2.05, 4.69) is 23.3 Å². The number of amides is 2. The number of hydrogen-bond acceptors (Lipinski definition) is 4. The maximum Gasteiger partial charge on any atom is 0.229 e. The highest BCUT2D eigenvalue weighted by molar-refractivity contribution is 7.81. The van der Waals surface area contributed by atoms with E-state index >= 15 is 0 Å². The number of carbonyl (C=O) groups is 3. The SMILES string of the molecule is O=C(CS)NCCCCCC(=O)Nc1cccc(C(=O)c2ccccc2)c1. The van der Waals surface area contributed by atoms with Gasteiger partial charge in [-0.05, 0) is 25.0 Å². The topological polar surface area (TPSA) is 75.3 Å². The van der Waals surface area contributed by atoms with Crippen LogP contribution in [0.15, 0.2) is 54.6 Å². The first-order valence-corrected chi connectivity index (χ1v) is 9.60. The number of nitrogens with one attached hydrogen (secondary N) is 2. The first kappa shape index (κ1) is 20.7. The highest BCUT2D eigenvalue weighted by Gasteiger charge is 2.10. The third kappa shape index (κ3) is 7.27. The van der Waals surface area contributed by atoms with Gasteiger partial charge < -0.3 is 10.6 Å². The predicted molar refractivity (Wildman–Crippen MR) is 110 cm³/mol. The molecule has 142 valence electrons. The van der Waals surface area contributed by atoms with Crippen LogP contribution < -0.4 is 10.6 Å². The van der Waals surface area contributed by atoms with Gasteiger partial charge in [0.25, 0.3) is 0 Å². The number of carbonyl (C=O) groups excluding carboxylic acids is 3. The Morgan fingerprint density at radius 1 is 0.815 bits per heavy atom. The largest absolute Gasteiger partial charge is 0.355 e. The van der Waals surface area contributed by atoms with Crippen molar-refractivity contribution in [2.45, 2.75) is 25.7 Å². The van der Waals surface area contributed by atoms with Gasteiger partial charge in [-0.15, -0.1) is 0 Å². The van der Waals surface area contributed by atoms with Gasteiger partial charge in [0.2, 0.25) is 11.8 Å². The Morgan fingerprint density at radius 2 is 1.56 bits per heavy atom. The van der Waals surface area contributed by atoms with Crippen LogP contribution in [0.25, 0.3) is 0 Å². The molecule has 27 heavy (non-hydrogen) atoms. The van der Waals surface area contributed by atoms with Crippen molar-refractivity contribution in [2.24, 2.45) is 0 Å². The van der Waals surface area contributed by atoms with Crippen molar-refractivity contribution in [3.05, 3.63) is 65.7 Å². The Labute approximate surface area is 165 Å². The Morgan fingerprint density at radius 3 is 2.30 bits per heavy atom. The van der Waals surface area contributed by atoms with Gasteiger partial charge in [0.1, 0.15) is 0 Å². The number of unbranched alkanes of at least 4 members (excludes halogenated alkanes) is 2. The minimum absolute atomic E-state index is 0.0741. The molecule has 2 aromatic carbocycles. The van der Waals surface area contributed by atoms with Crippen LogP contribution in [0.3, 0.4) is 0 Å². The fourth-order valence-electron chi connectivity index (χ4n) is 2.59. The molecule has 0 radical (unpaired) electrons. The van der Waals surface area contributed by atoms with Gasteiger partial charge in [0.15, 0.2) is 5.78 Å².